The molecule has 3 heterocycles. The molecule has 0 amide bonds. The number of carbonyl (C=O) groups is 1. The van der Waals surface area contributed by atoms with Crippen molar-refractivity contribution in [2.75, 3.05) is 13.7 Å². The third-order valence-electron chi connectivity index (χ3n) is 7.17. The average Bonchev–Trinajstić information content (AvgIpc) is 3.57. The number of nitrogens with zero attached hydrogens (tertiary/aromatic N) is 3. The molecule has 0 aliphatic carbocycles. The lowest BCUT2D eigenvalue weighted by molar-refractivity contribution is 0.0696. The molecule has 2 aromatic carbocycles. The minimum absolute atomic E-state index is 0.0508. The highest BCUT2D eigenvalue weighted by Gasteiger charge is 2.32. The Morgan fingerprint density at radius 3 is 2.72 bits per heavy atom. The monoisotopic (exact) mass is 494 g/mol. The number of alkyl halides is 2. The van der Waals surface area contributed by atoms with E-state index in [4.69, 9.17) is 4.74 Å². The molecule has 1 aliphatic heterocycles. The lowest BCUT2D eigenvalue weighted by Crippen LogP contribution is -2.37. The van der Waals surface area contributed by atoms with Gasteiger partial charge in [0.1, 0.15) is 5.75 Å². The van der Waals surface area contributed by atoms with Gasteiger partial charge in [-0.2, -0.15) is 5.10 Å². The standard InChI is InChI=1S/C27H28F2N4O3/c1-16-11-24(36-2)22(21-7-9-30-25(16)21)15-32-10-8-20(33-14-19(13-31-33)26(28)29)12-23(32)17-3-5-18(6-4-17)27(34)35/h3-7,9,11,13-14,20,23,26,30H,8,10,12,15H2,1-2H3,(H,34,35). The molecule has 7 nitrogen and oxygen atoms in total. The normalized spacial score (nSPS) is 18.7. The van der Waals surface area contributed by atoms with Gasteiger partial charge in [0.25, 0.3) is 6.43 Å². The first-order valence-electron chi connectivity index (χ1n) is 11.9. The Bertz CT molecular complexity index is 1380. The molecule has 0 radical (unpaired) electrons. The van der Waals surface area contributed by atoms with E-state index in [9.17, 15) is 18.7 Å². The summed E-state index contributed by atoms with van der Waals surface area (Å²) in [6.45, 7) is 3.38. The molecular weight excluding hydrogens is 466 g/mol. The van der Waals surface area contributed by atoms with Crippen molar-refractivity contribution in [3.05, 3.63) is 82.8 Å². The highest BCUT2D eigenvalue weighted by molar-refractivity contribution is 5.88. The van der Waals surface area contributed by atoms with Crippen molar-refractivity contribution in [1.29, 1.82) is 0 Å². The smallest absolute Gasteiger partial charge is 0.335 e. The number of H-pyrrole nitrogens is 1. The molecule has 1 saturated heterocycles. The molecule has 4 aromatic rings. The Morgan fingerprint density at radius 2 is 2.06 bits per heavy atom. The fourth-order valence-electron chi connectivity index (χ4n) is 5.27. The average molecular weight is 495 g/mol. The quantitative estimate of drug-likeness (QED) is 0.334. The van der Waals surface area contributed by atoms with Crippen LogP contribution in [-0.2, 0) is 6.54 Å². The number of hydrogen-bond donors (Lipinski definition) is 2. The molecule has 2 atom stereocenters. The second-order valence-corrected chi connectivity index (χ2v) is 9.29. The van der Waals surface area contributed by atoms with Crippen LogP contribution in [0.15, 0.2) is 55.0 Å². The number of aromatic carboxylic acids is 1. The number of aromatic nitrogens is 3. The van der Waals surface area contributed by atoms with Gasteiger partial charge in [-0.25, -0.2) is 13.6 Å². The van der Waals surface area contributed by atoms with Crippen LogP contribution in [0.3, 0.4) is 0 Å². The SMILES string of the molecule is COc1cc(C)c2[nH]ccc2c1CN1CCC(n2cc(C(F)F)cn2)CC1c1ccc(C(=O)O)cc1. The van der Waals surface area contributed by atoms with Crippen molar-refractivity contribution in [3.63, 3.8) is 0 Å². The highest BCUT2D eigenvalue weighted by atomic mass is 19.3. The van der Waals surface area contributed by atoms with E-state index in [1.807, 2.05) is 31.3 Å². The minimum Gasteiger partial charge on any atom is -0.496 e. The van der Waals surface area contributed by atoms with E-state index in [1.165, 1.54) is 12.4 Å². The van der Waals surface area contributed by atoms with Crippen molar-refractivity contribution in [1.82, 2.24) is 19.7 Å². The second kappa shape index (κ2) is 9.73. The van der Waals surface area contributed by atoms with Crippen LogP contribution in [0, 0.1) is 6.92 Å². The second-order valence-electron chi connectivity index (χ2n) is 9.29. The number of aromatic amines is 1. The molecule has 1 aliphatic rings. The number of fused-ring (bicyclic) bond motifs is 1. The first kappa shape index (κ1) is 24.0. The first-order chi connectivity index (χ1) is 17.4. The Hall–Kier alpha value is -3.72. The first-order valence-corrected chi connectivity index (χ1v) is 11.9. The van der Waals surface area contributed by atoms with Crippen molar-refractivity contribution >= 4 is 16.9 Å². The zero-order valence-corrected chi connectivity index (χ0v) is 20.1. The Morgan fingerprint density at radius 1 is 1.28 bits per heavy atom. The van der Waals surface area contributed by atoms with E-state index in [0.29, 0.717) is 19.5 Å². The van der Waals surface area contributed by atoms with Gasteiger partial charge in [0.15, 0.2) is 0 Å². The molecule has 36 heavy (non-hydrogen) atoms. The number of ether oxygens (including phenoxy) is 1. The van der Waals surface area contributed by atoms with Gasteiger partial charge in [0.05, 0.1) is 30.5 Å². The van der Waals surface area contributed by atoms with Gasteiger partial charge in [-0.1, -0.05) is 12.1 Å². The van der Waals surface area contributed by atoms with Crippen LogP contribution in [0.2, 0.25) is 0 Å². The molecule has 188 valence electrons. The van der Waals surface area contributed by atoms with Crippen LogP contribution in [0.5, 0.6) is 5.75 Å². The van der Waals surface area contributed by atoms with Gasteiger partial charge >= 0.3 is 5.97 Å². The molecule has 2 aromatic heterocycles. The highest BCUT2D eigenvalue weighted by Crippen LogP contribution is 2.40. The summed E-state index contributed by atoms with van der Waals surface area (Å²) < 4.78 is 33.7. The predicted octanol–water partition coefficient (Wildman–Crippen LogP) is 5.90. The Kier molecular flexibility index (Phi) is 6.49. The van der Waals surface area contributed by atoms with Crippen molar-refractivity contribution in [2.45, 2.75) is 44.8 Å². The van der Waals surface area contributed by atoms with Crippen LogP contribution in [0.4, 0.5) is 8.78 Å². The van der Waals surface area contributed by atoms with Crippen molar-refractivity contribution in [2.24, 2.45) is 0 Å². The molecular formula is C27H28F2N4O3. The van der Waals surface area contributed by atoms with E-state index in [1.54, 1.807) is 23.9 Å². The lowest BCUT2D eigenvalue weighted by Gasteiger charge is -2.40. The summed E-state index contributed by atoms with van der Waals surface area (Å²) in [4.78, 5) is 17.0. The molecule has 2 unspecified atom stereocenters. The maximum Gasteiger partial charge on any atom is 0.335 e. The van der Waals surface area contributed by atoms with Gasteiger partial charge < -0.3 is 14.8 Å². The summed E-state index contributed by atoms with van der Waals surface area (Å²) in [5.41, 5.74) is 4.36. The Labute approximate surface area is 207 Å². The van der Waals surface area contributed by atoms with E-state index in [0.717, 1.165) is 39.8 Å². The number of carboxylic acids is 1. The third kappa shape index (κ3) is 4.46. The van der Waals surface area contributed by atoms with Gasteiger partial charge in [-0.3, -0.25) is 9.58 Å². The summed E-state index contributed by atoms with van der Waals surface area (Å²) in [6, 6.07) is 10.9. The van der Waals surface area contributed by atoms with E-state index >= 15 is 0 Å². The van der Waals surface area contributed by atoms with Crippen molar-refractivity contribution < 1.29 is 23.4 Å². The van der Waals surface area contributed by atoms with Crippen molar-refractivity contribution in [3.8, 4) is 5.75 Å². The zero-order valence-electron chi connectivity index (χ0n) is 20.1. The van der Waals surface area contributed by atoms with Crippen LogP contribution >= 0.6 is 0 Å². The summed E-state index contributed by atoms with van der Waals surface area (Å²) in [5.74, 6) is -0.161. The predicted molar refractivity (Wildman–Crippen MR) is 132 cm³/mol. The number of halogens is 2. The maximum atomic E-state index is 13.2. The third-order valence-corrected chi connectivity index (χ3v) is 7.17. The topological polar surface area (TPSA) is 83.4 Å². The summed E-state index contributed by atoms with van der Waals surface area (Å²) in [7, 11) is 1.67. The number of benzene rings is 2. The summed E-state index contributed by atoms with van der Waals surface area (Å²) >= 11 is 0. The number of carboxylic acid groups (broad SMARTS) is 1. The fourth-order valence-corrected chi connectivity index (χ4v) is 5.27. The molecule has 0 saturated carbocycles. The van der Waals surface area contributed by atoms with Crippen LogP contribution in [-0.4, -0.2) is 44.4 Å². The largest absolute Gasteiger partial charge is 0.496 e. The van der Waals surface area contributed by atoms with Gasteiger partial charge in [0.2, 0.25) is 0 Å². The van der Waals surface area contributed by atoms with Gasteiger partial charge in [0, 0.05) is 48.0 Å². The molecule has 0 bridgehead atoms. The van der Waals surface area contributed by atoms with Crippen LogP contribution in [0.1, 0.15) is 64.0 Å². The number of nitrogens with one attached hydrogen (secondary N) is 1. The molecule has 2 N–H and O–H groups in total. The molecule has 9 heteroatoms. The Balaban J connectivity index is 1.50. The lowest BCUT2D eigenvalue weighted by atomic mass is 9.90. The maximum absolute atomic E-state index is 13.2. The van der Waals surface area contributed by atoms with Crippen LogP contribution in [0.25, 0.3) is 10.9 Å². The number of piperidine rings is 1. The number of hydrogen-bond acceptors (Lipinski definition) is 4. The number of methoxy groups -OCH3 is 1. The minimum atomic E-state index is -2.56. The fraction of sp³-hybridized carbons (Fsp3) is 0.333. The van der Waals surface area contributed by atoms with Crippen LogP contribution < -0.4 is 4.74 Å². The van der Waals surface area contributed by atoms with Gasteiger partial charge in [-0.15, -0.1) is 0 Å². The number of aryl methyl sites for hydroxylation is 1. The van der Waals surface area contributed by atoms with E-state index in [2.05, 4.69) is 21.0 Å². The van der Waals surface area contributed by atoms with Gasteiger partial charge in [-0.05, 0) is 55.2 Å². The summed E-state index contributed by atoms with van der Waals surface area (Å²) in [6.07, 6.45) is 3.43. The molecule has 5 rings (SSSR count). The molecule has 0 spiro atoms. The number of rotatable bonds is 7. The summed E-state index contributed by atoms with van der Waals surface area (Å²) in [5, 5.41) is 14.7. The number of likely N-dealkylation sites (tertiary alicyclic amines) is 1. The molecule has 1 fully saturated rings. The zero-order chi connectivity index (χ0) is 25.4. The van der Waals surface area contributed by atoms with E-state index in [-0.39, 0.29) is 23.2 Å². The van der Waals surface area contributed by atoms with E-state index < -0.39 is 12.4 Å².